The van der Waals surface area contributed by atoms with E-state index in [1.807, 2.05) is 0 Å². The number of hydrogen-bond acceptors (Lipinski definition) is 4. The zero-order valence-electron chi connectivity index (χ0n) is 7.96. The van der Waals surface area contributed by atoms with E-state index in [-0.39, 0.29) is 16.5 Å². The molecule has 1 aliphatic rings. The van der Waals surface area contributed by atoms with Gasteiger partial charge in [0.25, 0.3) is 0 Å². The number of thioether (sulfide) groups is 1. The van der Waals surface area contributed by atoms with Crippen LogP contribution in [0.25, 0.3) is 0 Å². The maximum absolute atomic E-state index is 11.0. The maximum atomic E-state index is 11.0. The summed E-state index contributed by atoms with van der Waals surface area (Å²) in [5, 5.41) is 0.121. The zero-order chi connectivity index (χ0) is 9.90. The van der Waals surface area contributed by atoms with Crippen LogP contribution in [-0.4, -0.2) is 23.9 Å². The summed E-state index contributed by atoms with van der Waals surface area (Å²) >= 11 is 1.31. The molecule has 0 aromatic carbocycles. The first-order valence-electron chi connectivity index (χ1n) is 4.28. The van der Waals surface area contributed by atoms with Gasteiger partial charge in [-0.05, 0) is 18.3 Å². The van der Waals surface area contributed by atoms with Gasteiger partial charge in [-0.2, -0.15) is 0 Å². The Bertz CT molecular complexity index is 221. The normalized spacial score (nSPS) is 18.0. The molecule has 1 saturated carbocycles. The Hall–Kier alpha value is -0.510. The molecule has 3 nitrogen and oxygen atoms in total. The fourth-order valence-corrected chi connectivity index (χ4v) is 2.08. The number of methoxy groups -OCH3 is 1. The highest BCUT2D eigenvalue weighted by molar-refractivity contribution is 8.13. The summed E-state index contributed by atoms with van der Waals surface area (Å²) in [6, 6.07) is 0. The predicted molar refractivity (Wildman–Crippen MR) is 51.4 cm³/mol. The SMILES string of the molecule is COC(=O)CC1(CSC(C)=O)CC1. The highest BCUT2D eigenvalue weighted by Crippen LogP contribution is 2.51. The van der Waals surface area contributed by atoms with E-state index in [0.717, 1.165) is 18.6 Å². The van der Waals surface area contributed by atoms with Gasteiger partial charge in [0.1, 0.15) is 0 Å². The largest absolute Gasteiger partial charge is 0.469 e. The van der Waals surface area contributed by atoms with Crippen molar-refractivity contribution < 1.29 is 14.3 Å². The molecule has 0 unspecified atom stereocenters. The molecule has 0 atom stereocenters. The van der Waals surface area contributed by atoms with Gasteiger partial charge in [-0.15, -0.1) is 0 Å². The number of ether oxygens (including phenoxy) is 1. The molecular formula is C9H14O3S. The first kappa shape index (κ1) is 10.6. The highest BCUT2D eigenvalue weighted by atomic mass is 32.2. The van der Waals surface area contributed by atoms with Crippen molar-refractivity contribution in [1.29, 1.82) is 0 Å². The Balaban J connectivity index is 2.30. The summed E-state index contributed by atoms with van der Waals surface area (Å²) in [6.07, 6.45) is 2.55. The van der Waals surface area contributed by atoms with E-state index < -0.39 is 0 Å². The van der Waals surface area contributed by atoms with Crippen molar-refractivity contribution in [1.82, 2.24) is 0 Å². The van der Waals surface area contributed by atoms with Gasteiger partial charge in [0.15, 0.2) is 5.12 Å². The quantitative estimate of drug-likeness (QED) is 0.650. The second kappa shape index (κ2) is 4.13. The van der Waals surface area contributed by atoms with E-state index >= 15 is 0 Å². The number of hydrogen-bond donors (Lipinski definition) is 0. The molecular weight excluding hydrogens is 188 g/mol. The molecule has 1 fully saturated rings. The van der Waals surface area contributed by atoms with Crippen molar-refractivity contribution >= 4 is 22.8 Å². The molecule has 0 amide bonds. The lowest BCUT2D eigenvalue weighted by Gasteiger charge is -2.11. The molecule has 0 spiro atoms. The first-order valence-corrected chi connectivity index (χ1v) is 5.27. The van der Waals surface area contributed by atoms with Gasteiger partial charge in [-0.3, -0.25) is 9.59 Å². The molecule has 0 saturated heterocycles. The summed E-state index contributed by atoms with van der Waals surface area (Å²) in [6.45, 7) is 1.55. The predicted octanol–water partition coefficient (Wildman–Crippen LogP) is 1.61. The molecule has 0 aliphatic heterocycles. The van der Waals surface area contributed by atoms with Crippen molar-refractivity contribution in [2.24, 2.45) is 5.41 Å². The molecule has 74 valence electrons. The number of carbonyl (C=O) groups is 2. The van der Waals surface area contributed by atoms with Crippen LogP contribution in [0.4, 0.5) is 0 Å². The minimum absolute atomic E-state index is 0.0728. The number of rotatable bonds is 4. The van der Waals surface area contributed by atoms with Crippen molar-refractivity contribution in [3.8, 4) is 0 Å². The molecule has 1 rings (SSSR count). The molecule has 0 radical (unpaired) electrons. The third-order valence-corrected chi connectivity index (χ3v) is 3.45. The first-order chi connectivity index (χ1) is 6.08. The van der Waals surface area contributed by atoms with Crippen molar-refractivity contribution in [3.63, 3.8) is 0 Å². The van der Waals surface area contributed by atoms with Crippen LogP contribution < -0.4 is 0 Å². The van der Waals surface area contributed by atoms with Crippen LogP contribution in [0.1, 0.15) is 26.2 Å². The Morgan fingerprint density at radius 3 is 2.46 bits per heavy atom. The van der Waals surface area contributed by atoms with Crippen LogP contribution in [0, 0.1) is 5.41 Å². The maximum Gasteiger partial charge on any atom is 0.306 e. The molecule has 0 N–H and O–H groups in total. The summed E-state index contributed by atoms with van der Waals surface area (Å²) in [4.78, 5) is 21.7. The van der Waals surface area contributed by atoms with E-state index in [0.29, 0.717) is 6.42 Å². The highest BCUT2D eigenvalue weighted by Gasteiger charge is 2.44. The topological polar surface area (TPSA) is 43.4 Å². The molecule has 1 aliphatic carbocycles. The minimum atomic E-state index is -0.165. The minimum Gasteiger partial charge on any atom is -0.469 e. The van der Waals surface area contributed by atoms with Gasteiger partial charge < -0.3 is 4.74 Å². The van der Waals surface area contributed by atoms with Crippen LogP contribution in [0.3, 0.4) is 0 Å². The van der Waals surface area contributed by atoms with Crippen LogP contribution in [-0.2, 0) is 14.3 Å². The lowest BCUT2D eigenvalue weighted by atomic mass is 10.1. The Morgan fingerprint density at radius 1 is 1.46 bits per heavy atom. The smallest absolute Gasteiger partial charge is 0.306 e. The molecule has 4 heteroatoms. The fourth-order valence-electron chi connectivity index (χ4n) is 1.18. The molecule has 0 aromatic rings. The molecule has 0 bridgehead atoms. The monoisotopic (exact) mass is 202 g/mol. The van der Waals surface area contributed by atoms with E-state index in [4.69, 9.17) is 0 Å². The zero-order valence-corrected chi connectivity index (χ0v) is 8.78. The van der Waals surface area contributed by atoms with E-state index in [2.05, 4.69) is 4.74 Å². The molecule has 0 heterocycles. The van der Waals surface area contributed by atoms with Crippen LogP contribution in [0.2, 0.25) is 0 Å². The number of esters is 1. The Kier molecular flexibility index (Phi) is 3.36. The average Bonchev–Trinajstić information content (AvgIpc) is 2.82. The Labute approximate surface area is 82.2 Å². The van der Waals surface area contributed by atoms with Crippen molar-refractivity contribution in [3.05, 3.63) is 0 Å². The summed E-state index contributed by atoms with van der Waals surface area (Å²) in [5.74, 6) is 0.596. The van der Waals surface area contributed by atoms with Gasteiger partial charge in [-0.25, -0.2) is 0 Å². The third-order valence-electron chi connectivity index (χ3n) is 2.29. The lowest BCUT2D eigenvalue weighted by molar-refractivity contribution is -0.141. The van der Waals surface area contributed by atoms with Gasteiger partial charge in [0.2, 0.25) is 0 Å². The number of carbonyl (C=O) groups excluding carboxylic acids is 2. The van der Waals surface area contributed by atoms with Gasteiger partial charge in [0.05, 0.1) is 13.5 Å². The molecule has 13 heavy (non-hydrogen) atoms. The molecule has 0 aromatic heterocycles. The van der Waals surface area contributed by atoms with Gasteiger partial charge in [-0.1, -0.05) is 11.8 Å². The van der Waals surface area contributed by atoms with E-state index in [9.17, 15) is 9.59 Å². The van der Waals surface area contributed by atoms with E-state index in [1.165, 1.54) is 18.9 Å². The lowest BCUT2D eigenvalue weighted by Crippen LogP contribution is -2.13. The second-order valence-electron chi connectivity index (χ2n) is 3.53. The summed E-state index contributed by atoms with van der Waals surface area (Å²) in [7, 11) is 1.40. The van der Waals surface area contributed by atoms with Crippen molar-refractivity contribution in [2.75, 3.05) is 12.9 Å². The average molecular weight is 202 g/mol. The third kappa shape index (κ3) is 3.38. The standard InChI is InChI=1S/C9H14O3S/c1-7(10)13-6-9(3-4-9)5-8(11)12-2/h3-6H2,1-2H3. The van der Waals surface area contributed by atoms with E-state index in [1.54, 1.807) is 6.92 Å². The summed E-state index contributed by atoms with van der Waals surface area (Å²) < 4.78 is 4.60. The van der Waals surface area contributed by atoms with Crippen LogP contribution in [0.15, 0.2) is 0 Å². The van der Waals surface area contributed by atoms with Crippen LogP contribution >= 0.6 is 11.8 Å². The van der Waals surface area contributed by atoms with Gasteiger partial charge >= 0.3 is 5.97 Å². The van der Waals surface area contributed by atoms with Crippen molar-refractivity contribution in [2.45, 2.75) is 26.2 Å². The van der Waals surface area contributed by atoms with Crippen LogP contribution in [0.5, 0.6) is 0 Å². The Morgan fingerprint density at radius 2 is 2.08 bits per heavy atom. The fraction of sp³-hybridized carbons (Fsp3) is 0.778. The second-order valence-corrected chi connectivity index (χ2v) is 4.69. The summed E-state index contributed by atoms with van der Waals surface area (Å²) in [5.41, 5.74) is 0.0728. The van der Waals surface area contributed by atoms with Gasteiger partial charge in [0, 0.05) is 12.7 Å².